The first kappa shape index (κ1) is 25.4. The zero-order chi connectivity index (χ0) is 19.4. The van der Waals surface area contributed by atoms with E-state index in [4.69, 9.17) is 0 Å². The van der Waals surface area contributed by atoms with E-state index in [0.717, 1.165) is 0 Å². The highest BCUT2D eigenvalue weighted by Crippen LogP contribution is 2.47. The van der Waals surface area contributed by atoms with Gasteiger partial charge in [0.1, 0.15) is 10.9 Å². The Morgan fingerprint density at radius 3 is 1.33 bits per heavy atom. The predicted octanol–water partition coefficient (Wildman–Crippen LogP) is 8.96. The van der Waals surface area contributed by atoms with Crippen LogP contribution < -0.4 is 0 Å². The summed E-state index contributed by atoms with van der Waals surface area (Å²) < 4.78 is 0. The van der Waals surface area contributed by atoms with E-state index in [0.29, 0.717) is 0 Å². The fourth-order valence-electron chi connectivity index (χ4n) is 2.45. The molecule has 0 spiro atoms. The predicted molar refractivity (Wildman–Crippen MR) is 126 cm³/mol. The van der Waals surface area contributed by atoms with Crippen LogP contribution in [0.3, 0.4) is 0 Å². The SMILES string of the molecule is C.CC.CC.CC.c1ccc([S+]2c3ccccc3Sc3ccccc32)cc1. The zero-order valence-corrected chi connectivity index (χ0v) is 18.5. The molecule has 1 aliphatic heterocycles. The highest BCUT2D eigenvalue weighted by Gasteiger charge is 2.37. The molecule has 1 heterocycles. The van der Waals surface area contributed by atoms with Crippen LogP contribution in [0.1, 0.15) is 49.0 Å². The Balaban J connectivity index is 0.000000885. The molecule has 0 bridgehead atoms. The van der Waals surface area contributed by atoms with Crippen molar-refractivity contribution in [2.75, 3.05) is 0 Å². The molecule has 0 atom stereocenters. The van der Waals surface area contributed by atoms with E-state index in [9.17, 15) is 0 Å². The molecule has 0 N–H and O–H groups in total. The van der Waals surface area contributed by atoms with Crippen LogP contribution in [0.4, 0.5) is 0 Å². The average molecular weight is 400 g/mol. The highest BCUT2D eigenvalue weighted by atomic mass is 32.2. The lowest BCUT2D eigenvalue weighted by atomic mass is 10.3. The Kier molecular flexibility index (Phi) is 13.5. The quantitative estimate of drug-likeness (QED) is 0.288. The second kappa shape index (κ2) is 14.4. The maximum atomic E-state index is 2.27. The van der Waals surface area contributed by atoms with Gasteiger partial charge in [0.2, 0.25) is 0 Å². The number of rotatable bonds is 1. The van der Waals surface area contributed by atoms with Gasteiger partial charge >= 0.3 is 0 Å². The van der Waals surface area contributed by atoms with Crippen molar-refractivity contribution in [3.05, 3.63) is 78.9 Å². The van der Waals surface area contributed by atoms with Gasteiger partial charge in [0.05, 0.1) is 9.79 Å². The fourth-order valence-corrected chi connectivity index (χ4v) is 6.21. The molecule has 0 aromatic heterocycles. The molecular weight excluding hydrogens is 364 g/mol. The summed E-state index contributed by atoms with van der Waals surface area (Å²) in [4.78, 5) is 7.06. The van der Waals surface area contributed by atoms with Crippen LogP contribution >= 0.6 is 11.8 Å². The van der Waals surface area contributed by atoms with Gasteiger partial charge in [-0.05, 0) is 36.4 Å². The first-order chi connectivity index (χ1) is 12.9. The van der Waals surface area contributed by atoms with Gasteiger partial charge in [-0.15, -0.1) is 0 Å². The second-order valence-electron chi connectivity index (χ2n) is 4.61. The lowest BCUT2D eigenvalue weighted by molar-refractivity contribution is 1.12. The van der Waals surface area contributed by atoms with E-state index < -0.39 is 0 Å². The molecule has 0 aliphatic carbocycles. The fraction of sp³-hybridized carbons (Fsp3) is 0.280. The molecule has 0 fully saturated rings. The third-order valence-electron chi connectivity index (χ3n) is 3.34. The van der Waals surface area contributed by atoms with Crippen molar-refractivity contribution in [1.82, 2.24) is 0 Å². The molecule has 3 aromatic carbocycles. The van der Waals surface area contributed by atoms with Crippen molar-refractivity contribution >= 4 is 22.7 Å². The van der Waals surface area contributed by atoms with E-state index in [2.05, 4.69) is 78.9 Å². The highest BCUT2D eigenvalue weighted by molar-refractivity contribution is 8.04. The smallest absolute Gasteiger partial charge is 0.0795 e. The van der Waals surface area contributed by atoms with Crippen molar-refractivity contribution in [2.45, 2.75) is 73.4 Å². The minimum absolute atomic E-state index is 0. The third kappa shape index (κ3) is 6.19. The largest absolute Gasteiger partial charge is 0.180 e. The number of hydrogen-bond donors (Lipinski definition) is 0. The molecule has 146 valence electrons. The monoisotopic (exact) mass is 399 g/mol. The summed E-state index contributed by atoms with van der Waals surface area (Å²) in [6, 6.07) is 28.4. The van der Waals surface area contributed by atoms with E-state index in [1.807, 2.05) is 53.3 Å². The first-order valence-corrected chi connectivity index (χ1v) is 11.6. The Labute approximate surface area is 174 Å². The number of fused-ring (bicyclic) bond motifs is 2. The molecule has 0 unspecified atom stereocenters. The molecule has 0 amide bonds. The average Bonchev–Trinajstić information content (AvgIpc) is 2.77. The van der Waals surface area contributed by atoms with E-state index in [1.54, 1.807) is 0 Å². The molecule has 2 heteroatoms. The van der Waals surface area contributed by atoms with Crippen LogP contribution in [0.15, 0.2) is 103 Å². The molecule has 27 heavy (non-hydrogen) atoms. The van der Waals surface area contributed by atoms with Crippen molar-refractivity contribution < 1.29 is 0 Å². The minimum Gasteiger partial charge on any atom is -0.0795 e. The van der Waals surface area contributed by atoms with E-state index in [-0.39, 0.29) is 18.3 Å². The van der Waals surface area contributed by atoms with Crippen molar-refractivity contribution in [1.29, 1.82) is 0 Å². The maximum Gasteiger partial charge on any atom is 0.180 e. The summed E-state index contributed by atoms with van der Waals surface area (Å²) in [5.41, 5.74) is 0. The van der Waals surface area contributed by atoms with Gasteiger partial charge in [0, 0.05) is 0 Å². The lowest BCUT2D eigenvalue weighted by Gasteiger charge is -2.18. The minimum atomic E-state index is 0. The molecule has 3 aromatic rings. The molecule has 1 aliphatic rings. The van der Waals surface area contributed by atoms with Crippen molar-refractivity contribution in [2.24, 2.45) is 0 Å². The van der Waals surface area contributed by atoms with Gasteiger partial charge < -0.3 is 0 Å². The van der Waals surface area contributed by atoms with Crippen LogP contribution in [-0.2, 0) is 10.9 Å². The van der Waals surface area contributed by atoms with Crippen LogP contribution in [0.2, 0.25) is 0 Å². The summed E-state index contributed by atoms with van der Waals surface area (Å²) >= 11 is 1.89. The normalized spacial score (nSPS) is 10.7. The van der Waals surface area contributed by atoms with E-state index >= 15 is 0 Å². The van der Waals surface area contributed by atoms with Gasteiger partial charge in [-0.2, -0.15) is 0 Å². The summed E-state index contributed by atoms with van der Waals surface area (Å²) in [7, 11) is 0.0212. The summed E-state index contributed by atoms with van der Waals surface area (Å²) in [5, 5.41) is 0. The van der Waals surface area contributed by atoms with Crippen LogP contribution in [-0.4, -0.2) is 0 Å². The Morgan fingerprint density at radius 1 is 0.519 bits per heavy atom. The van der Waals surface area contributed by atoms with Crippen molar-refractivity contribution in [3.63, 3.8) is 0 Å². The summed E-state index contributed by atoms with van der Waals surface area (Å²) in [6.07, 6.45) is 0. The Hall–Kier alpha value is -1.64. The van der Waals surface area contributed by atoms with Gasteiger partial charge in [-0.1, -0.05) is 103 Å². The van der Waals surface area contributed by atoms with Crippen LogP contribution in [0.25, 0.3) is 0 Å². The molecule has 0 nitrogen and oxygen atoms in total. The molecule has 4 rings (SSSR count). The standard InChI is InChI=1S/C18H13S2.3C2H6.CH4/c1-2-8-14(9-3-1)20-17-12-6-4-10-15(17)19-16-11-5-7-13-18(16)20;3*1-2;/h1-13H;3*1-2H3;1H4/q+1;;;;. The molecular formula is C25H35S2+. The third-order valence-corrected chi connectivity index (χ3v) is 7.08. The Morgan fingerprint density at radius 2 is 0.889 bits per heavy atom. The molecule has 0 saturated heterocycles. The molecule has 0 radical (unpaired) electrons. The van der Waals surface area contributed by atoms with E-state index in [1.165, 1.54) is 24.5 Å². The van der Waals surface area contributed by atoms with Crippen LogP contribution in [0.5, 0.6) is 0 Å². The molecule has 0 saturated carbocycles. The van der Waals surface area contributed by atoms with Crippen LogP contribution in [0, 0.1) is 0 Å². The summed E-state index contributed by atoms with van der Waals surface area (Å²) in [6.45, 7) is 12.0. The topological polar surface area (TPSA) is 0 Å². The van der Waals surface area contributed by atoms with Gasteiger partial charge in [-0.25, -0.2) is 0 Å². The van der Waals surface area contributed by atoms with Gasteiger partial charge in [0.15, 0.2) is 14.7 Å². The van der Waals surface area contributed by atoms with Crippen molar-refractivity contribution in [3.8, 4) is 0 Å². The number of hydrogen-bond acceptors (Lipinski definition) is 1. The number of benzene rings is 3. The Bertz CT molecular complexity index is 706. The lowest BCUT2D eigenvalue weighted by Crippen LogP contribution is -2.10. The second-order valence-corrected chi connectivity index (χ2v) is 7.66. The summed E-state index contributed by atoms with van der Waals surface area (Å²) in [5.74, 6) is 0. The van der Waals surface area contributed by atoms with Gasteiger partial charge in [-0.3, -0.25) is 0 Å². The zero-order valence-electron chi connectivity index (χ0n) is 16.8. The first-order valence-electron chi connectivity index (χ1n) is 9.59. The maximum absolute atomic E-state index is 2.27. The van der Waals surface area contributed by atoms with Gasteiger partial charge in [0.25, 0.3) is 0 Å².